The Balaban J connectivity index is 1.77. The van der Waals surface area contributed by atoms with Gasteiger partial charge in [0.15, 0.2) is 16.7 Å². The number of piperidine rings is 1. The highest BCUT2D eigenvalue weighted by atomic mass is 79.9. The highest BCUT2D eigenvalue weighted by molar-refractivity contribution is 9.10. The molecule has 0 unspecified atom stereocenters. The van der Waals surface area contributed by atoms with E-state index in [0.29, 0.717) is 30.1 Å². The number of carbonyl (C=O) groups is 1. The number of amides is 1. The summed E-state index contributed by atoms with van der Waals surface area (Å²) in [4.78, 5) is 21.6. The Kier molecular flexibility index (Phi) is 5.04. The largest absolute Gasteiger partial charge is 0.465 e. The van der Waals surface area contributed by atoms with Gasteiger partial charge in [-0.2, -0.15) is 5.26 Å². The molecule has 2 saturated heterocycles. The van der Waals surface area contributed by atoms with E-state index in [-0.39, 0.29) is 28.4 Å². The SMILES string of the molecule is C[C@@H]1OCC2(CCN(c3nc(Cl)c(C#N)nc3Br)CC2)[C@@H]1NC(=O)O. The normalized spacial score (nSPS) is 25.0. The second-order valence-corrected chi connectivity index (χ2v) is 7.49. The zero-order valence-electron chi connectivity index (χ0n) is 13.5. The second kappa shape index (κ2) is 6.94. The summed E-state index contributed by atoms with van der Waals surface area (Å²) in [6.45, 7) is 3.77. The molecule has 1 aromatic rings. The third kappa shape index (κ3) is 3.38. The van der Waals surface area contributed by atoms with Crippen molar-refractivity contribution in [3.8, 4) is 6.07 Å². The maximum atomic E-state index is 11.1. The molecule has 8 nitrogen and oxygen atoms in total. The van der Waals surface area contributed by atoms with Crippen LogP contribution in [0.2, 0.25) is 5.15 Å². The molecule has 0 aromatic carbocycles. The highest BCUT2D eigenvalue weighted by Gasteiger charge is 2.50. The Morgan fingerprint density at radius 3 is 2.80 bits per heavy atom. The summed E-state index contributed by atoms with van der Waals surface area (Å²) in [7, 11) is 0. The maximum absolute atomic E-state index is 11.1. The summed E-state index contributed by atoms with van der Waals surface area (Å²) in [5, 5.41) is 20.8. The molecule has 2 aliphatic rings. The molecule has 2 N–H and O–H groups in total. The van der Waals surface area contributed by atoms with Crippen LogP contribution in [0.25, 0.3) is 0 Å². The average molecular weight is 431 g/mol. The minimum atomic E-state index is -1.03. The van der Waals surface area contributed by atoms with Crippen molar-refractivity contribution in [2.75, 3.05) is 24.6 Å². The van der Waals surface area contributed by atoms with Gasteiger partial charge in [0.1, 0.15) is 10.7 Å². The third-order valence-electron chi connectivity index (χ3n) is 5.00. The maximum Gasteiger partial charge on any atom is 0.404 e. The standard InChI is InChI=1S/C15H17BrClN5O3/c1-8-10(20-14(23)24)15(7-25-8)2-4-22(5-3-15)13-11(16)19-9(6-18)12(17)21-13/h8,10,20H,2-5,7H2,1H3,(H,23,24)/t8-,10+/m0/s1. The van der Waals surface area contributed by atoms with E-state index in [1.54, 1.807) is 0 Å². The number of halogens is 2. The van der Waals surface area contributed by atoms with Gasteiger partial charge in [0.25, 0.3) is 0 Å². The number of nitrogens with zero attached hydrogens (tertiary/aromatic N) is 4. The molecule has 10 heteroatoms. The van der Waals surface area contributed by atoms with Crippen LogP contribution < -0.4 is 10.2 Å². The highest BCUT2D eigenvalue weighted by Crippen LogP contribution is 2.43. The summed E-state index contributed by atoms with van der Waals surface area (Å²) in [6, 6.07) is 1.67. The van der Waals surface area contributed by atoms with Gasteiger partial charge in [-0.25, -0.2) is 14.8 Å². The molecule has 0 saturated carbocycles. The smallest absolute Gasteiger partial charge is 0.404 e. The number of hydrogen-bond donors (Lipinski definition) is 2. The Bertz CT molecular complexity index is 733. The number of carboxylic acid groups (broad SMARTS) is 1. The van der Waals surface area contributed by atoms with Crippen molar-refractivity contribution in [1.29, 1.82) is 5.26 Å². The minimum absolute atomic E-state index is 0.0734. The van der Waals surface area contributed by atoms with Crippen molar-refractivity contribution in [3.05, 3.63) is 15.5 Å². The van der Waals surface area contributed by atoms with Gasteiger partial charge in [0.05, 0.1) is 18.8 Å². The number of anilines is 1. The predicted octanol–water partition coefficient (Wildman–Crippen LogP) is 2.41. The lowest BCUT2D eigenvalue weighted by Crippen LogP contribution is -2.54. The van der Waals surface area contributed by atoms with E-state index in [0.717, 1.165) is 12.8 Å². The molecule has 0 radical (unpaired) electrons. The molecule has 134 valence electrons. The second-order valence-electron chi connectivity index (χ2n) is 6.38. The van der Waals surface area contributed by atoms with Crippen molar-refractivity contribution < 1.29 is 14.6 Å². The van der Waals surface area contributed by atoms with Crippen molar-refractivity contribution in [2.24, 2.45) is 5.41 Å². The summed E-state index contributed by atoms with van der Waals surface area (Å²) >= 11 is 9.35. The van der Waals surface area contributed by atoms with Crippen LogP contribution in [0.4, 0.5) is 10.6 Å². The van der Waals surface area contributed by atoms with Gasteiger partial charge >= 0.3 is 6.09 Å². The molecular weight excluding hydrogens is 414 g/mol. The fourth-order valence-electron chi connectivity index (χ4n) is 3.66. The Morgan fingerprint density at radius 2 is 2.20 bits per heavy atom. The van der Waals surface area contributed by atoms with E-state index in [2.05, 4.69) is 31.2 Å². The number of nitrogens with one attached hydrogen (secondary N) is 1. The number of ether oxygens (including phenoxy) is 1. The van der Waals surface area contributed by atoms with Crippen molar-refractivity contribution in [1.82, 2.24) is 15.3 Å². The number of rotatable bonds is 2. The molecule has 1 amide bonds. The summed E-state index contributed by atoms with van der Waals surface area (Å²) in [6.07, 6.45) is 0.331. The predicted molar refractivity (Wildman–Crippen MR) is 93.7 cm³/mol. The summed E-state index contributed by atoms with van der Waals surface area (Å²) in [5.74, 6) is 0.591. The molecule has 2 aliphatic heterocycles. The Labute approximate surface area is 158 Å². The topological polar surface area (TPSA) is 111 Å². The fourth-order valence-corrected chi connectivity index (χ4v) is 4.34. The average Bonchev–Trinajstić information content (AvgIpc) is 2.87. The van der Waals surface area contributed by atoms with Crippen LogP contribution in [0.5, 0.6) is 0 Å². The van der Waals surface area contributed by atoms with Crippen LogP contribution in [0.1, 0.15) is 25.5 Å². The van der Waals surface area contributed by atoms with Gasteiger partial charge in [-0.1, -0.05) is 11.6 Å². The first kappa shape index (κ1) is 18.2. The first-order valence-corrected chi connectivity index (χ1v) is 9.02. The van der Waals surface area contributed by atoms with Crippen LogP contribution in [-0.4, -0.2) is 53.0 Å². The van der Waals surface area contributed by atoms with Crippen LogP contribution in [0, 0.1) is 16.7 Å². The molecule has 3 heterocycles. The van der Waals surface area contributed by atoms with Gasteiger partial charge < -0.3 is 20.1 Å². The number of aromatic nitrogens is 2. The van der Waals surface area contributed by atoms with Gasteiger partial charge in [0.2, 0.25) is 0 Å². The van der Waals surface area contributed by atoms with Crippen molar-refractivity contribution in [3.63, 3.8) is 0 Å². The van der Waals surface area contributed by atoms with Gasteiger partial charge in [-0.05, 0) is 35.7 Å². The monoisotopic (exact) mass is 429 g/mol. The zero-order chi connectivity index (χ0) is 18.2. The molecule has 3 rings (SSSR count). The Morgan fingerprint density at radius 1 is 1.52 bits per heavy atom. The van der Waals surface area contributed by atoms with E-state index in [9.17, 15) is 4.79 Å². The fraction of sp³-hybridized carbons (Fsp3) is 0.600. The molecular formula is C15H17BrClN5O3. The zero-order valence-corrected chi connectivity index (χ0v) is 15.8. The quantitative estimate of drug-likeness (QED) is 0.741. The van der Waals surface area contributed by atoms with Crippen LogP contribution in [-0.2, 0) is 4.74 Å². The number of nitriles is 1. The first-order chi connectivity index (χ1) is 11.9. The van der Waals surface area contributed by atoms with Crippen LogP contribution in [0.3, 0.4) is 0 Å². The summed E-state index contributed by atoms with van der Waals surface area (Å²) < 4.78 is 6.21. The molecule has 2 fully saturated rings. The van der Waals surface area contributed by atoms with E-state index in [1.807, 2.05) is 17.9 Å². The lowest BCUT2D eigenvalue weighted by Gasteiger charge is -2.42. The van der Waals surface area contributed by atoms with Crippen molar-refractivity contribution >= 4 is 39.4 Å². The first-order valence-electron chi connectivity index (χ1n) is 7.85. The number of hydrogen-bond acceptors (Lipinski definition) is 6. The van der Waals surface area contributed by atoms with Crippen LogP contribution >= 0.6 is 27.5 Å². The van der Waals surface area contributed by atoms with E-state index < -0.39 is 6.09 Å². The molecule has 1 spiro atoms. The van der Waals surface area contributed by atoms with E-state index >= 15 is 0 Å². The van der Waals surface area contributed by atoms with E-state index in [1.165, 1.54) is 0 Å². The molecule has 0 bridgehead atoms. The van der Waals surface area contributed by atoms with Gasteiger partial charge in [-0.15, -0.1) is 0 Å². The van der Waals surface area contributed by atoms with E-state index in [4.69, 9.17) is 26.7 Å². The van der Waals surface area contributed by atoms with Crippen LogP contribution in [0.15, 0.2) is 4.60 Å². The molecule has 25 heavy (non-hydrogen) atoms. The van der Waals surface area contributed by atoms with Crippen molar-refractivity contribution in [2.45, 2.75) is 31.9 Å². The lowest BCUT2D eigenvalue weighted by molar-refractivity contribution is 0.0970. The molecule has 1 aromatic heterocycles. The molecule has 2 atom stereocenters. The van der Waals surface area contributed by atoms with Gasteiger partial charge in [-0.3, -0.25) is 0 Å². The Hall–Kier alpha value is -1.63. The molecule has 0 aliphatic carbocycles. The third-order valence-corrected chi connectivity index (χ3v) is 5.80. The van der Waals surface area contributed by atoms with Gasteiger partial charge in [0, 0.05) is 18.5 Å². The minimum Gasteiger partial charge on any atom is -0.465 e. The summed E-state index contributed by atoms with van der Waals surface area (Å²) in [5.41, 5.74) is -0.139. The lowest BCUT2D eigenvalue weighted by atomic mass is 9.73.